The van der Waals surface area contributed by atoms with Gasteiger partial charge in [-0.05, 0) is 25.5 Å². The lowest BCUT2D eigenvalue weighted by molar-refractivity contribution is 0.0995. The second-order valence-electron chi connectivity index (χ2n) is 2.92. The van der Waals surface area contributed by atoms with Crippen LogP contribution in [0.15, 0.2) is 12.3 Å². The van der Waals surface area contributed by atoms with Crippen LogP contribution in [-0.4, -0.2) is 17.5 Å². The molecule has 0 radical (unpaired) electrons. The molecule has 0 aliphatic heterocycles. The predicted octanol–water partition coefficient (Wildman–Crippen LogP) is 0.891. The summed E-state index contributed by atoms with van der Waals surface area (Å²) >= 11 is 0. The number of aromatic nitrogens is 1. The number of amides is 1. The van der Waals surface area contributed by atoms with Crippen LogP contribution in [-0.2, 0) is 0 Å². The van der Waals surface area contributed by atoms with Crippen LogP contribution in [0.2, 0.25) is 0 Å². The maximum absolute atomic E-state index is 10.9. The van der Waals surface area contributed by atoms with Gasteiger partial charge in [0.1, 0.15) is 18.1 Å². The molecule has 0 atom stereocenters. The molecule has 0 fully saturated rings. The summed E-state index contributed by atoms with van der Waals surface area (Å²) in [4.78, 5) is 14.8. The summed E-state index contributed by atoms with van der Waals surface area (Å²) < 4.78 is 5.27. The first-order valence-corrected chi connectivity index (χ1v) is 4.44. The smallest absolute Gasteiger partial charge is 0.267 e. The Balaban J connectivity index is 2.80. The first-order valence-electron chi connectivity index (χ1n) is 4.44. The molecule has 1 aromatic heterocycles. The Bertz CT molecular complexity index is 430. The molecular weight excluding hydrogens is 192 g/mol. The third kappa shape index (κ3) is 2.99. The summed E-state index contributed by atoms with van der Waals surface area (Å²) in [6, 6.07) is 1.71. The molecule has 0 unspecified atom stereocenters. The molecule has 0 aliphatic carbocycles. The van der Waals surface area contributed by atoms with Crippen molar-refractivity contribution in [2.45, 2.75) is 13.8 Å². The molecule has 0 saturated heterocycles. The molecular formula is C11H12N2O2. The normalized spacial score (nSPS) is 8.93. The first kappa shape index (κ1) is 11.1. The zero-order valence-corrected chi connectivity index (χ0v) is 8.70. The molecule has 4 nitrogen and oxygen atoms in total. The van der Waals surface area contributed by atoms with Crippen LogP contribution in [0.25, 0.3) is 0 Å². The minimum atomic E-state index is -0.535. The quantitative estimate of drug-likeness (QED) is 0.743. The predicted molar refractivity (Wildman–Crippen MR) is 56.4 cm³/mol. The average molecular weight is 204 g/mol. The minimum Gasteiger partial charge on any atom is -0.479 e. The van der Waals surface area contributed by atoms with Crippen LogP contribution in [0.5, 0.6) is 5.75 Å². The molecule has 0 bridgehead atoms. The molecule has 2 N–H and O–H groups in total. The van der Waals surface area contributed by atoms with Crippen LogP contribution in [0.3, 0.4) is 0 Å². The Kier molecular flexibility index (Phi) is 3.69. The van der Waals surface area contributed by atoms with Gasteiger partial charge < -0.3 is 10.5 Å². The van der Waals surface area contributed by atoms with Gasteiger partial charge in [-0.1, -0.05) is 5.92 Å². The Hall–Kier alpha value is -2.02. The fraction of sp³-hybridized carbons (Fsp3) is 0.273. The highest BCUT2D eigenvalue weighted by atomic mass is 16.5. The maximum Gasteiger partial charge on any atom is 0.267 e. The second kappa shape index (κ2) is 5.01. The molecule has 4 heteroatoms. The highest BCUT2D eigenvalue weighted by Crippen LogP contribution is 2.13. The van der Waals surface area contributed by atoms with E-state index >= 15 is 0 Å². The van der Waals surface area contributed by atoms with Crippen LogP contribution in [0.4, 0.5) is 0 Å². The Labute approximate surface area is 88.5 Å². The summed E-state index contributed by atoms with van der Waals surface area (Å²) in [6.07, 6.45) is 1.46. The first-order chi connectivity index (χ1) is 7.15. The second-order valence-corrected chi connectivity index (χ2v) is 2.92. The molecule has 0 spiro atoms. The molecule has 0 saturated carbocycles. The topological polar surface area (TPSA) is 65.2 Å². The number of carbonyl (C=O) groups excluding carboxylic acids is 1. The lowest BCUT2D eigenvalue weighted by atomic mass is 10.2. The number of primary amides is 1. The molecule has 0 aliphatic rings. The van der Waals surface area contributed by atoms with E-state index in [1.165, 1.54) is 6.20 Å². The molecule has 1 rings (SSSR count). The van der Waals surface area contributed by atoms with Gasteiger partial charge in [0.15, 0.2) is 0 Å². The van der Waals surface area contributed by atoms with Crippen LogP contribution < -0.4 is 10.5 Å². The van der Waals surface area contributed by atoms with Crippen molar-refractivity contribution in [1.29, 1.82) is 0 Å². The Morgan fingerprint density at radius 1 is 1.67 bits per heavy atom. The van der Waals surface area contributed by atoms with Crippen molar-refractivity contribution < 1.29 is 9.53 Å². The van der Waals surface area contributed by atoms with Gasteiger partial charge in [0.05, 0.1) is 6.20 Å². The van der Waals surface area contributed by atoms with Crippen molar-refractivity contribution >= 4 is 5.91 Å². The molecule has 78 valence electrons. The Morgan fingerprint density at radius 2 is 2.40 bits per heavy atom. The number of hydrogen-bond donors (Lipinski definition) is 1. The lowest BCUT2D eigenvalue weighted by Gasteiger charge is -2.04. The van der Waals surface area contributed by atoms with E-state index in [1.54, 1.807) is 19.9 Å². The highest BCUT2D eigenvalue weighted by Gasteiger charge is 2.07. The highest BCUT2D eigenvalue weighted by molar-refractivity contribution is 5.92. The van der Waals surface area contributed by atoms with Crippen LogP contribution >= 0.6 is 0 Å². The number of pyridine rings is 1. The summed E-state index contributed by atoms with van der Waals surface area (Å²) in [7, 11) is 0. The van der Waals surface area contributed by atoms with Gasteiger partial charge in [-0.25, -0.2) is 4.98 Å². The monoisotopic (exact) mass is 204 g/mol. The average Bonchev–Trinajstić information content (AvgIpc) is 2.17. The standard InChI is InChI=1S/C11H12N2O2/c1-3-4-5-15-9-6-8(2)10(11(12)14)13-7-9/h6-7H,5H2,1-2H3,(H2,12,14). The van der Waals surface area contributed by atoms with Crippen molar-refractivity contribution in [3.63, 3.8) is 0 Å². The van der Waals surface area contributed by atoms with E-state index in [2.05, 4.69) is 16.8 Å². The van der Waals surface area contributed by atoms with Crippen LogP contribution in [0, 0.1) is 18.8 Å². The van der Waals surface area contributed by atoms with E-state index in [0.29, 0.717) is 17.9 Å². The van der Waals surface area contributed by atoms with E-state index < -0.39 is 5.91 Å². The van der Waals surface area contributed by atoms with Gasteiger partial charge in [0.25, 0.3) is 5.91 Å². The summed E-state index contributed by atoms with van der Waals surface area (Å²) in [6.45, 7) is 3.81. The molecule has 0 aromatic carbocycles. The van der Waals surface area contributed by atoms with Crippen molar-refractivity contribution in [2.75, 3.05) is 6.61 Å². The fourth-order valence-corrected chi connectivity index (χ4v) is 1.08. The number of nitrogens with two attached hydrogens (primary N) is 1. The van der Waals surface area contributed by atoms with E-state index in [-0.39, 0.29) is 5.69 Å². The molecule has 1 amide bonds. The number of rotatable bonds is 3. The Morgan fingerprint density at radius 3 is 2.93 bits per heavy atom. The summed E-state index contributed by atoms with van der Waals surface area (Å²) in [5, 5.41) is 0. The lowest BCUT2D eigenvalue weighted by Crippen LogP contribution is -2.14. The SMILES string of the molecule is CC#CCOc1cnc(C(N)=O)c(C)c1. The third-order valence-corrected chi connectivity index (χ3v) is 1.77. The van der Waals surface area contributed by atoms with Crippen molar-refractivity contribution in [3.05, 3.63) is 23.5 Å². The minimum absolute atomic E-state index is 0.268. The van der Waals surface area contributed by atoms with E-state index in [9.17, 15) is 4.79 Å². The summed E-state index contributed by atoms with van der Waals surface area (Å²) in [5.74, 6) is 5.52. The molecule has 1 heterocycles. The van der Waals surface area contributed by atoms with Crippen molar-refractivity contribution in [2.24, 2.45) is 5.73 Å². The third-order valence-electron chi connectivity index (χ3n) is 1.77. The number of carbonyl (C=O) groups is 1. The van der Waals surface area contributed by atoms with Gasteiger partial charge >= 0.3 is 0 Å². The largest absolute Gasteiger partial charge is 0.479 e. The number of aryl methyl sites for hydroxylation is 1. The molecule has 15 heavy (non-hydrogen) atoms. The fourth-order valence-electron chi connectivity index (χ4n) is 1.08. The van der Waals surface area contributed by atoms with E-state index in [0.717, 1.165) is 0 Å². The van der Waals surface area contributed by atoms with Gasteiger partial charge in [0, 0.05) is 0 Å². The van der Waals surface area contributed by atoms with Crippen LogP contribution in [0.1, 0.15) is 23.0 Å². The summed E-state index contributed by atoms with van der Waals surface area (Å²) in [5.41, 5.74) is 6.09. The van der Waals surface area contributed by atoms with E-state index in [4.69, 9.17) is 10.5 Å². The maximum atomic E-state index is 10.9. The number of ether oxygens (including phenoxy) is 1. The molecule has 1 aromatic rings. The number of nitrogens with zero attached hydrogens (tertiary/aromatic N) is 1. The van der Waals surface area contributed by atoms with Crippen molar-refractivity contribution in [3.8, 4) is 17.6 Å². The van der Waals surface area contributed by atoms with Gasteiger partial charge in [-0.15, -0.1) is 5.92 Å². The zero-order chi connectivity index (χ0) is 11.3. The van der Waals surface area contributed by atoms with Gasteiger partial charge in [0.2, 0.25) is 0 Å². The van der Waals surface area contributed by atoms with E-state index in [1.807, 2.05) is 0 Å². The number of hydrogen-bond acceptors (Lipinski definition) is 3. The van der Waals surface area contributed by atoms with Gasteiger partial charge in [-0.3, -0.25) is 4.79 Å². The van der Waals surface area contributed by atoms with Gasteiger partial charge in [-0.2, -0.15) is 0 Å². The van der Waals surface area contributed by atoms with Crippen molar-refractivity contribution in [1.82, 2.24) is 4.98 Å². The zero-order valence-electron chi connectivity index (χ0n) is 8.70.